The monoisotopic (exact) mass is 393 g/mol. The topological polar surface area (TPSA) is 55.8 Å². The van der Waals surface area contributed by atoms with E-state index in [0.717, 1.165) is 33.7 Å². The molecule has 0 fully saturated rings. The van der Waals surface area contributed by atoms with Crippen LogP contribution in [-0.2, 0) is 9.59 Å². The van der Waals surface area contributed by atoms with Crippen LogP contribution in [0.3, 0.4) is 0 Å². The van der Waals surface area contributed by atoms with E-state index < -0.39 is 0 Å². The zero-order chi connectivity index (χ0) is 21.3. The molecule has 1 aliphatic heterocycles. The van der Waals surface area contributed by atoms with Crippen molar-refractivity contribution in [3.05, 3.63) is 58.6 Å². The van der Waals surface area contributed by atoms with Gasteiger partial charge in [-0.2, -0.15) is 0 Å². The van der Waals surface area contributed by atoms with Crippen molar-refractivity contribution in [2.24, 2.45) is 11.8 Å². The Morgan fingerprint density at radius 1 is 1.07 bits per heavy atom. The number of allylic oxidation sites excluding steroid dienone is 5. The van der Waals surface area contributed by atoms with Gasteiger partial charge >= 0.3 is 11.9 Å². The number of hydrogen-bond donors (Lipinski definition) is 0. The number of carbonyl (C=O) groups excluding carboxylic acids is 2. The normalized spacial score (nSPS) is 15.1. The Labute approximate surface area is 171 Å². The summed E-state index contributed by atoms with van der Waals surface area (Å²) in [6.07, 6.45) is 8.71. The van der Waals surface area contributed by atoms with Gasteiger partial charge in [0.15, 0.2) is 11.5 Å². The van der Waals surface area contributed by atoms with Crippen molar-refractivity contribution in [2.45, 2.75) is 34.1 Å². The van der Waals surface area contributed by atoms with Crippen LogP contribution in [0.25, 0.3) is 11.8 Å². The third kappa shape index (κ3) is 4.04. The third-order valence-corrected chi connectivity index (χ3v) is 4.89. The molecule has 1 aromatic rings. The van der Waals surface area contributed by atoms with Crippen LogP contribution < -0.4 is 19.9 Å². The van der Waals surface area contributed by atoms with E-state index in [2.05, 4.69) is 18.7 Å². The Morgan fingerprint density at radius 2 is 1.66 bits per heavy atom. The number of rotatable bonds is 5. The Balaban J connectivity index is 2.24. The fourth-order valence-corrected chi connectivity index (χ4v) is 3.30. The molecule has 3 rings (SSSR count). The first-order valence-corrected chi connectivity index (χ1v) is 9.81. The zero-order valence-electron chi connectivity index (χ0n) is 17.6. The highest BCUT2D eigenvalue weighted by Gasteiger charge is 2.23. The number of carbonyl (C=O) groups is 2. The van der Waals surface area contributed by atoms with Gasteiger partial charge in [0.25, 0.3) is 0 Å². The fraction of sp³-hybridized carbons (Fsp3) is 0.333. The molecule has 0 aromatic heterocycles. The summed E-state index contributed by atoms with van der Waals surface area (Å²) in [5.41, 5.74) is 3.22. The second-order valence-electron chi connectivity index (χ2n) is 7.87. The molecule has 1 heterocycles. The largest absolute Gasteiger partial charge is 0.422 e. The first-order valence-electron chi connectivity index (χ1n) is 9.81. The van der Waals surface area contributed by atoms with Gasteiger partial charge in [0, 0.05) is 18.5 Å². The molecule has 5 nitrogen and oxygen atoms in total. The molecule has 1 aromatic carbocycles. The summed E-state index contributed by atoms with van der Waals surface area (Å²) < 4.78 is 11.2. The van der Waals surface area contributed by atoms with E-state index in [1.807, 2.05) is 24.2 Å². The molecule has 29 heavy (non-hydrogen) atoms. The van der Waals surface area contributed by atoms with E-state index in [-0.39, 0.29) is 35.3 Å². The van der Waals surface area contributed by atoms with Gasteiger partial charge in [-0.15, -0.1) is 0 Å². The van der Waals surface area contributed by atoms with Crippen molar-refractivity contribution in [1.82, 2.24) is 4.90 Å². The van der Waals surface area contributed by atoms with Gasteiger partial charge in [0.05, 0.1) is 17.5 Å². The minimum Gasteiger partial charge on any atom is -0.422 e. The minimum absolute atomic E-state index is 0.254. The number of nitrogens with zero attached hydrogens (tertiary/aromatic N) is 1. The maximum Gasteiger partial charge on any atom is 0.313 e. The summed E-state index contributed by atoms with van der Waals surface area (Å²) in [4.78, 5) is 26.5. The summed E-state index contributed by atoms with van der Waals surface area (Å²) in [6, 6.07) is 3.57. The predicted octanol–water partition coefficient (Wildman–Crippen LogP) is 3.04. The average Bonchev–Trinajstić information content (AvgIpc) is 2.68. The van der Waals surface area contributed by atoms with Crippen LogP contribution in [0.4, 0.5) is 0 Å². The molecule has 0 unspecified atom stereocenters. The van der Waals surface area contributed by atoms with Crippen LogP contribution in [0.5, 0.6) is 11.5 Å². The van der Waals surface area contributed by atoms with Crippen LogP contribution in [0.15, 0.2) is 48.2 Å². The predicted molar refractivity (Wildman–Crippen MR) is 113 cm³/mol. The molecule has 1 aliphatic carbocycles. The lowest BCUT2D eigenvalue weighted by Crippen LogP contribution is -2.37. The van der Waals surface area contributed by atoms with Crippen molar-refractivity contribution < 1.29 is 19.1 Å². The van der Waals surface area contributed by atoms with Crippen molar-refractivity contribution >= 4 is 23.7 Å². The summed E-state index contributed by atoms with van der Waals surface area (Å²) in [5, 5.41) is 1.86. The molecule has 0 atom stereocenters. The molecule has 0 saturated heterocycles. The quantitative estimate of drug-likeness (QED) is 0.569. The highest BCUT2D eigenvalue weighted by Crippen LogP contribution is 2.31. The number of hydrogen-bond acceptors (Lipinski definition) is 5. The van der Waals surface area contributed by atoms with Crippen LogP contribution in [0.2, 0.25) is 0 Å². The highest BCUT2D eigenvalue weighted by molar-refractivity contribution is 5.79. The van der Waals surface area contributed by atoms with E-state index in [1.54, 1.807) is 39.8 Å². The van der Waals surface area contributed by atoms with Crippen LogP contribution in [-0.4, -0.2) is 23.9 Å². The van der Waals surface area contributed by atoms with Gasteiger partial charge in [-0.1, -0.05) is 52.5 Å². The summed E-state index contributed by atoms with van der Waals surface area (Å²) in [6.45, 7) is 11.0. The maximum atomic E-state index is 12.3. The smallest absolute Gasteiger partial charge is 0.313 e. The molecule has 0 amide bonds. The Kier molecular flexibility index (Phi) is 5.78. The Morgan fingerprint density at radius 3 is 2.21 bits per heavy atom. The Bertz CT molecular complexity index is 1060. The van der Waals surface area contributed by atoms with E-state index in [4.69, 9.17) is 9.47 Å². The Hall–Kier alpha value is -3.08. The summed E-state index contributed by atoms with van der Waals surface area (Å²) in [5.74, 6) is -0.835. The van der Waals surface area contributed by atoms with Crippen LogP contribution >= 0.6 is 0 Å². The van der Waals surface area contributed by atoms with Gasteiger partial charge in [-0.05, 0) is 34.9 Å². The zero-order valence-corrected chi connectivity index (χ0v) is 17.6. The second-order valence-corrected chi connectivity index (χ2v) is 7.87. The van der Waals surface area contributed by atoms with E-state index in [1.165, 1.54) is 0 Å². The lowest BCUT2D eigenvalue weighted by Gasteiger charge is -2.29. The van der Waals surface area contributed by atoms with Crippen molar-refractivity contribution in [3.63, 3.8) is 0 Å². The number of ether oxygens (including phenoxy) is 2. The lowest BCUT2D eigenvalue weighted by atomic mass is 9.92. The summed E-state index contributed by atoms with van der Waals surface area (Å²) >= 11 is 0. The highest BCUT2D eigenvalue weighted by atomic mass is 16.6. The van der Waals surface area contributed by atoms with Gasteiger partial charge in [0.2, 0.25) is 0 Å². The molecular formula is C24H27NO4. The van der Waals surface area contributed by atoms with E-state index in [9.17, 15) is 9.59 Å². The van der Waals surface area contributed by atoms with Crippen molar-refractivity contribution in [1.29, 1.82) is 0 Å². The van der Waals surface area contributed by atoms with Crippen molar-refractivity contribution in [3.8, 4) is 11.5 Å². The average molecular weight is 393 g/mol. The van der Waals surface area contributed by atoms with Gasteiger partial charge < -0.3 is 14.4 Å². The molecular weight excluding hydrogens is 366 g/mol. The molecule has 2 aliphatic rings. The minimum atomic E-state index is -0.376. The van der Waals surface area contributed by atoms with Gasteiger partial charge in [0.1, 0.15) is 0 Å². The molecule has 0 bridgehead atoms. The van der Waals surface area contributed by atoms with Crippen LogP contribution in [0.1, 0.15) is 34.1 Å². The maximum absolute atomic E-state index is 12.3. The SMILES string of the molecule is C=CC1=C2C(=c3cc(OC(=O)C(C)C)c(OC(=O)C(C)C)cc3=CN2C)CC=C1. The molecule has 0 radical (unpaired) electrons. The summed E-state index contributed by atoms with van der Waals surface area (Å²) in [7, 11) is 1.98. The molecule has 152 valence electrons. The molecule has 0 N–H and O–H groups in total. The number of fused-ring (bicyclic) bond motifs is 2. The van der Waals surface area contributed by atoms with Gasteiger partial charge in [-0.3, -0.25) is 9.59 Å². The lowest BCUT2D eigenvalue weighted by molar-refractivity contribution is -0.140. The van der Waals surface area contributed by atoms with E-state index in [0.29, 0.717) is 0 Å². The number of esters is 2. The first-order chi connectivity index (χ1) is 13.7. The molecule has 5 heteroatoms. The fourth-order valence-electron chi connectivity index (χ4n) is 3.30. The van der Waals surface area contributed by atoms with Crippen LogP contribution in [0, 0.1) is 11.8 Å². The third-order valence-electron chi connectivity index (χ3n) is 4.89. The molecule has 0 spiro atoms. The molecule has 0 saturated carbocycles. The number of benzene rings is 1. The first kappa shape index (κ1) is 20.6. The standard InChI is InChI=1S/C24H27NO4/c1-7-16-9-8-10-18-19-12-21(29-24(27)15(4)5)20(28-23(26)14(2)3)11-17(19)13-25(6)22(16)18/h7-9,11-15H,1,10H2,2-6H3. The van der Waals surface area contributed by atoms with Crippen molar-refractivity contribution in [2.75, 3.05) is 7.05 Å². The van der Waals surface area contributed by atoms with Gasteiger partial charge in [-0.25, -0.2) is 0 Å². The van der Waals surface area contributed by atoms with E-state index >= 15 is 0 Å². The second kappa shape index (κ2) is 8.11.